The van der Waals surface area contributed by atoms with Crippen LogP contribution in [0.2, 0.25) is 0 Å². The van der Waals surface area contributed by atoms with Gasteiger partial charge >= 0.3 is 0 Å². The molecule has 0 radical (unpaired) electrons. The first-order valence-corrected chi connectivity index (χ1v) is 8.85. The Morgan fingerprint density at radius 3 is 3.04 bits per heavy atom. The molecule has 0 amide bonds. The lowest BCUT2D eigenvalue weighted by Gasteiger charge is -2.24. The Morgan fingerprint density at radius 2 is 2.17 bits per heavy atom. The molecule has 2 aromatic heterocycles. The highest BCUT2D eigenvalue weighted by molar-refractivity contribution is 5.82. The van der Waals surface area contributed by atoms with Gasteiger partial charge < -0.3 is 14.3 Å². The van der Waals surface area contributed by atoms with E-state index in [2.05, 4.69) is 45.2 Å². The number of aryl methyl sites for hydroxylation is 3. The Kier molecular flexibility index (Phi) is 4.10. The highest BCUT2D eigenvalue weighted by atomic mass is 16.3. The van der Waals surface area contributed by atoms with E-state index in [4.69, 9.17) is 4.42 Å². The van der Waals surface area contributed by atoms with Crippen LogP contribution in [0.5, 0.6) is 0 Å². The van der Waals surface area contributed by atoms with Gasteiger partial charge in [0.25, 0.3) is 0 Å². The fraction of sp³-hybridized carbons (Fsp3) is 0.474. The second-order valence-electron chi connectivity index (χ2n) is 6.66. The van der Waals surface area contributed by atoms with Gasteiger partial charge in [0.1, 0.15) is 23.0 Å². The van der Waals surface area contributed by atoms with Gasteiger partial charge in [-0.25, -0.2) is 0 Å². The number of rotatable bonds is 5. The third-order valence-electron chi connectivity index (χ3n) is 5.07. The van der Waals surface area contributed by atoms with Crippen LogP contribution in [0.1, 0.15) is 36.3 Å². The van der Waals surface area contributed by atoms with Crippen molar-refractivity contribution in [2.24, 2.45) is 5.92 Å². The minimum Gasteiger partial charge on any atom is -0.461 e. The summed E-state index contributed by atoms with van der Waals surface area (Å²) in [6, 6.07) is 8.32. The summed E-state index contributed by atoms with van der Waals surface area (Å²) in [7, 11) is 0. The average molecular weight is 324 g/mol. The van der Waals surface area contributed by atoms with Crippen LogP contribution in [0.15, 0.2) is 28.7 Å². The first-order valence-electron chi connectivity index (χ1n) is 8.85. The summed E-state index contributed by atoms with van der Waals surface area (Å²) in [5.74, 6) is 3.90. The molecule has 5 nitrogen and oxygen atoms in total. The molecule has 0 fully saturated rings. The quantitative estimate of drug-likeness (QED) is 0.783. The number of aromatic nitrogens is 3. The zero-order valence-corrected chi connectivity index (χ0v) is 14.4. The molecular weight excluding hydrogens is 300 g/mol. The van der Waals surface area contributed by atoms with E-state index in [1.165, 1.54) is 17.4 Å². The van der Waals surface area contributed by atoms with Crippen molar-refractivity contribution in [1.82, 2.24) is 20.1 Å². The second kappa shape index (κ2) is 6.40. The molecule has 5 heteroatoms. The maximum atomic E-state index is 5.98. The molecule has 126 valence electrons. The van der Waals surface area contributed by atoms with E-state index in [-0.39, 0.29) is 0 Å². The molecule has 0 spiro atoms. The number of benzene rings is 1. The number of fused-ring (bicyclic) bond motifs is 2. The van der Waals surface area contributed by atoms with Gasteiger partial charge in [-0.2, -0.15) is 0 Å². The largest absolute Gasteiger partial charge is 0.461 e. The van der Waals surface area contributed by atoms with Gasteiger partial charge in [-0.05, 0) is 31.9 Å². The topological polar surface area (TPSA) is 55.9 Å². The van der Waals surface area contributed by atoms with Crippen LogP contribution >= 0.6 is 0 Å². The van der Waals surface area contributed by atoms with Crippen LogP contribution in [0.25, 0.3) is 11.0 Å². The fourth-order valence-electron chi connectivity index (χ4n) is 3.73. The molecule has 1 unspecified atom stereocenters. The van der Waals surface area contributed by atoms with E-state index in [1.54, 1.807) is 0 Å². The Hall–Kier alpha value is -2.14. The molecule has 1 atom stereocenters. The normalized spacial score (nSPS) is 17.3. The summed E-state index contributed by atoms with van der Waals surface area (Å²) in [4.78, 5) is 0. The molecule has 4 rings (SSSR count). The zero-order valence-electron chi connectivity index (χ0n) is 14.4. The SMILES string of the molecule is CCc1oc2ccccc2c1CNCC1CCc2nnc(C)n2C1. The first kappa shape index (κ1) is 15.4. The summed E-state index contributed by atoms with van der Waals surface area (Å²) in [5.41, 5.74) is 2.30. The molecule has 1 aliphatic rings. The molecule has 24 heavy (non-hydrogen) atoms. The third-order valence-corrected chi connectivity index (χ3v) is 5.07. The molecule has 0 aliphatic carbocycles. The Bertz CT molecular complexity index is 848. The maximum absolute atomic E-state index is 5.98. The van der Waals surface area contributed by atoms with Crippen LogP contribution in [0, 0.1) is 12.8 Å². The summed E-state index contributed by atoms with van der Waals surface area (Å²) in [6.45, 7) is 7.09. The van der Waals surface area contributed by atoms with Crippen LogP contribution in [0.3, 0.4) is 0 Å². The summed E-state index contributed by atoms with van der Waals surface area (Å²) >= 11 is 0. The maximum Gasteiger partial charge on any atom is 0.134 e. The lowest BCUT2D eigenvalue weighted by Crippen LogP contribution is -2.30. The lowest BCUT2D eigenvalue weighted by molar-refractivity contribution is 0.344. The van der Waals surface area contributed by atoms with Crippen LogP contribution in [-0.2, 0) is 25.9 Å². The molecule has 1 N–H and O–H groups in total. The molecule has 0 saturated heterocycles. The van der Waals surface area contributed by atoms with Gasteiger partial charge in [0.05, 0.1) is 0 Å². The first-order chi connectivity index (χ1) is 11.8. The van der Waals surface area contributed by atoms with Gasteiger partial charge in [0, 0.05) is 36.9 Å². The van der Waals surface area contributed by atoms with E-state index in [1.807, 2.05) is 13.0 Å². The van der Waals surface area contributed by atoms with E-state index < -0.39 is 0 Å². The smallest absolute Gasteiger partial charge is 0.134 e. The molecule has 1 aliphatic heterocycles. The Morgan fingerprint density at radius 1 is 1.29 bits per heavy atom. The van der Waals surface area contributed by atoms with Crippen molar-refractivity contribution in [2.75, 3.05) is 6.54 Å². The number of furan rings is 1. The van der Waals surface area contributed by atoms with Crippen molar-refractivity contribution in [1.29, 1.82) is 0 Å². The summed E-state index contributed by atoms with van der Waals surface area (Å²) in [5, 5.41) is 13.3. The highest BCUT2D eigenvalue weighted by Gasteiger charge is 2.21. The van der Waals surface area contributed by atoms with E-state index in [9.17, 15) is 0 Å². The van der Waals surface area contributed by atoms with E-state index in [0.717, 1.165) is 55.5 Å². The van der Waals surface area contributed by atoms with Crippen LogP contribution in [-0.4, -0.2) is 21.3 Å². The predicted octanol–water partition coefficient (Wildman–Crippen LogP) is 3.25. The lowest BCUT2D eigenvalue weighted by atomic mass is 9.99. The van der Waals surface area contributed by atoms with Crippen molar-refractivity contribution in [2.45, 2.75) is 46.2 Å². The number of nitrogens with one attached hydrogen (secondary N) is 1. The number of nitrogens with zero attached hydrogens (tertiary/aromatic N) is 3. The van der Waals surface area contributed by atoms with Crippen molar-refractivity contribution >= 4 is 11.0 Å². The van der Waals surface area contributed by atoms with Crippen molar-refractivity contribution < 1.29 is 4.42 Å². The fourth-order valence-corrected chi connectivity index (χ4v) is 3.73. The molecule has 3 aromatic rings. The van der Waals surface area contributed by atoms with Crippen molar-refractivity contribution in [3.8, 4) is 0 Å². The van der Waals surface area contributed by atoms with Gasteiger partial charge in [0.2, 0.25) is 0 Å². The Labute approximate surface area is 142 Å². The molecule has 3 heterocycles. The zero-order chi connectivity index (χ0) is 16.5. The number of hydrogen-bond donors (Lipinski definition) is 1. The standard InChI is InChI=1S/C19H24N4O/c1-3-17-16(15-6-4-5-7-18(15)24-17)11-20-10-14-8-9-19-22-21-13(2)23(19)12-14/h4-7,14,20H,3,8-12H2,1-2H3. The Balaban J connectivity index is 1.42. The van der Waals surface area contributed by atoms with Gasteiger partial charge in [-0.1, -0.05) is 25.1 Å². The predicted molar refractivity (Wildman–Crippen MR) is 93.9 cm³/mol. The summed E-state index contributed by atoms with van der Waals surface area (Å²) in [6.07, 6.45) is 3.14. The van der Waals surface area contributed by atoms with Gasteiger partial charge in [-0.3, -0.25) is 0 Å². The third kappa shape index (κ3) is 2.73. The van der Waals surface area contributed by atoms with Crippen LogP contribution < -0.4 is 5.32 Å². The van der Waals surface area contributed by atoms with Gasteiger partial charge in [0.15, 0.2) is 0 Å². The van der Waals surface area contributed by atoms with E-state index in [0.29, 0.717) is 5.92 Å². The van der Waals surface area contributed by atoms with Gasteiger partial charge in [-0.15, -0.1) is 10.2 Å². The molecule has 0 saturated carbocycles. The highest BCUT2D eigenvalue weighted by Crippen LogP contribution is 2.26. The summed E-state index contributed by atoms with van der Waals surface area (Å²) < 4.78 is 8.25. The number of hydrogen-bond acceptors (Lipinski definition) is 4. The molecular formula is C19H24N4O. The van der Waals surface area contributed by atoms with E-state index >= 15 is 0 Å². The molecule has 0 bridgehead atoms. The minimum absolute atomic E-state index is 0.635. The minimum atomic E-state index is 0.635. The molecule has 1 aromatic carbocycles. The average Bonchev–Trinajstić information content (AvgIpc) is 3.16. The van der Waals surface area contributed by atoms with Crippen molar-refractivity contribution in [3.63, 3.8) is 0 Å². The second-order valence-corrected chi connectivity index (χ2v) is 6.66. The monoisotopic (exact) mass is 324 g/mol. The van der Waals surface area contributed by atoms with Crippen LogP contribution in [0.4, 0.5) is 0 Å². The number of para-hydroxylation sites is 1. The van der Waals surface area contributed by atoms with Crippen molar-refractivity contribution in [3.05, 3.63) is 47.2 Å².